The molecule has 0 fully saturated rings. The molecule has 17 heavy (non-hydrogen) atoms. The molecule has 0 bridgehead atoms. The first-order valence-corrected chi connectivity index (χ1v) is 6.11. The van der Waals surface area contributed by atoms with E-state index in [0.717, 1.165) is 6.54 Å². The Bertz CT molecular complexity index is 698. The van der Waals surface area contributed by atoms with Crippen LogP contribution in [0.3, 0.4) is 0 Å². The van der Waals surface area contributed by atoms with Crippen LogP contribution in [0.4, 0.5) is 0 Å². The summed E-state index contributed by atoms with van der Waals surface area (Å²) in [5.74, 6) is 0. The molecule has 0 radical (unpaired) electrons. The van der Waals surface area contributed by atoms with E-state index in [1.807, 2.05) is 0 Å². The van der Waals surface area contributed by atoms with Crippen molar-refractivity contribution in [1.82, 2.24) is 0 Å². The maximum Gasteiger partial charge on any atom is 0.186 e. The van der Waals surface area contributed by atoms with E-state index in [1.54, 1.807) is 0 Å². The van der Waals surface area contributed by atoms with Crippen molar-refractivity contribution in [3.05, 3.63) is 54.4 Å². The molecular weight excluding hydrogens is 206 g/mol. The van der Waals surface area contributed by atoms with Crippen molar-refractivity contribution >= 4 is 21.5 Å². The highest BCUT2D eigenvalue weighted by molar-refractivity contribution is 5.98. The minimum Gasteiger partial charge on any atom is -0.202 e. The molecule has 0 saturated heterocycles. The van der Waals surface area contributed by atoms with Gasteiger partial charge in [-0.1, -0.05) is 24.3 Å². The second-order valence-electron chi connectivity index (χ2n) is 4.47. The third kappa shape index (κ3) is 1.59. The topological polar surface area (TPSA) is 3.88 Å². The number of pyridine rings is 1. The molecule has 0 aliphatic carbocycles. The van der Waals surface area contributed by atoms with Crippen molar-refractivity contribution in [2.75, 3.05) is 0 Å². The summed E-state index contributed by atoms with van der Waals surface area (Å²) in [7, 11) is 0. The molecule has 1 nitrogen and oxygen atoms in total. The van der Waals surface area contributed by atoms with Crippen LogP contribution in [0.5, 0.6) is 0 Å². The minimum absolute atomic E-state index is 1.02. The number of hydrogen-bond acceptors (Lipinski definition) is 0. The van der Waals surface area contributed by atoms with E-state index >= 15 is 0 Å². The molecule has 0 aliphatic rings. The number of aromatic nitrogens is 1. The van der Waals surface area contributed by atoms with Gasteiger partial charge in [0.2, 0.25) is 0 Å². The lowest BCUT2D eigenvalue weighted by atomic mass is 10.0. The maximum atomic E-state index is 2.30. The average Bonchev–Trinajstić information content (AvgIpc) is 2.37. The monoisotopic (exact) mass is 222 g/mol. The van der Waals surface area contributed by atoms with Crippen molar-refractivity contribution in [3.8, 4) is 0 Å². The van der Waals surface area contributed by atoms with Gasteiger partial charge in [-0.25, -0.2) is 4.57 Å². The van der Waals surface area contributed by atoms with Crippen LogP contribution >= 0.6 is 0 Å². The Morgan fingerprint density at radius 3 is 2.35 bits per heavy atom. The first-order valence-electron chi connectivity index (χ1n) is 6.11. The normalized spacial score (nSPS) is 11.2. The van der Waals surface area contributed by atoms with E-state index < -0.39 is 0 Å². The summed E-state index contributed by atoms with van der Waals surface area (Å²) in [6.45, 7) is 5.40. The number of benzene rings is 2. The highest BCUT2D eigenvalue weighted by Crippen LogP contribution is 2.23. The van der Waals surface area contributed by atoms with Crippen LogP contribution in [-0.2, 0) is 6.54 Å². The smallest absolute Gasteiger partial charge is 0.186 e. The Morgan fingerprint density at radius 1 is 0.941 bits per heavy atom. The molecule has 0 atom stereocenters. The highest BCUT2D eigenvalue weighted by Gasteiger charge is 2.09. The Kier molecular flexibility index (Phi) is 2.32. The predicted octanol–water partition coefficient (Wildman–Crippen LogP) is 3.61. The van der Waals surface area contributed by atoms with E-state index in [-0.39, 0.29) is 0 Å². The zero-order valence-corrected chi connectivity index (χ0v) is 10.3. The SMILES string of the molecule is CC[n+]1ccc2cc3ccccc3cc2c1C. The number of fused-ring (bicyclic) bond motifs is 2. The zero-order valence-electron chi connectivity index (χ0n) is 10.3. The lowest BCUT2D eigenvalue weighted by molar-refractivity contribution is -0.698. The lowest BCUT2D eigenvalue weighted by Gasteiger charge is -2.04. The summed E-state index contributed by atoms with van der Waals surface area (Å²) in [4.78, 5) is 0. The Hall–Kier alpha value is -1.89. The van der Waals surface area contributed by atoms with Gasteiger partial charge in [-0.15, -0.1) is 0 Å². The van der Waals surface area contributed by atoms with Crippen LogP contribution in [0.2, 0.25) is 0 Å². The fourth-order valence-corrected chi connectivity index (χ4v) is 2.49. The van der Waals surface area contributed by atoms with E-state index in [4.69, 9.17) is 0 Å². The number of aryl methyl sites for hydroxylation is 2. The fraction of sp³-hybridized carbons (Fsp3) is 0.188. The summed E-state index contributed by atoms with van der Waals surface area (Å²) in [6.07, 6.45) is 2.17. The molecule has 2 aromatic carbocycles. The molecular formula is C16H16N+. The van der Waals surface area contributed by atoms with Gasteiger partial charge in [0.25, 0.3) is 0 Å². The molecule has 1 heterocycles. The molecule has 1 aromatic heterocycles. The van der Waals surface area contributed by atoms with Gasteiger partial charge in [0.15, 0.2) is 11.9 Å². The van der Waals surface area contributed by atoms with Crippen molar-refractivity contribution in [2.24, 2.45) is 0 Å². The van der Waals surface area contributed by atoms with Gasteiger partial charge in [0.1, 0.15) is 6.54 Å². The van der Waals surface area contributed by atoms with Gasteiger partial charge in [-0.3, -0.25) is 0 Å². The van der Waals surface area contributed by atoms with Gasteiger partial charge in [-0.2, -0.15) is 0 Å². The van der Waals surface area contributed by atoms with E-state index in [9.17, 15) is 0 Å². The second-order valence-corrected chi connectivity index (χ2v) is 4.47. The molecule has 0 spiro atoms. The number of rotatable bonds is 1. The predicted molar refractivity (Wildman–Crippen MR) is 72.1 cm³/mol. The molecule has 0 aliphatic heterocycles. The van der Waals surface area contributed by atoms with Crippen LogP contribution < -0.4 is 4.57 Å². The average molecular weight is 222 g/mol. The maximum absolute atomic E-state index is 2.30. The fourth-order valence-electron chi connectivity index (χ4n) is 2.49. The summed E-state index contributed by atoms with van der Waals surface area (Å²) in [5, 5.41) is 5.31. The Balaban J connectivity index is 2.44. The first kappa shape index (κ1) is 10.3. The summed E-state index contributed by atoms with van der Waals surface area (Å²) in [5.41, 5.74) is 1.34. The van der Waals surface area contributed by atoms with Crippen molar-refractivity contribution in [1.29, 1.82) is 0 Å². The van der Waals surface area contributed by atoms with E-state index in [0.29, 0.717) is 0 Å². The van der Waals surface area contributed by atoms with Gasteiger partial charge in [-0.05, 0) is 35.2 Å². The van der Waals surface area contributed by atoms with Crippen LogP contribution in [0.25, 0.3) is 21.5 Å². The molecule has 0 amide bonds. The van der Waals surface area contributed by atoms with Gasteiger partial charge in [0.05, 0.1) is 0 Å². The third-order valence-electron chi connectivity index (χ3n) is 3.51. The standard InChI is InChI=1S/C16H16N/c1-3-17-9-8-15-10-13-6-4-5-7-14(13)11-16(15)12(17)2/h4-11H,3H2,1-2H3/q+1. The van der Waals surface area contributed by atoms with Crippen molar-refractivity contribution in [3.63, 3.8) is 0 Å². The van der Waals surface area contributed by atoms with Crippen LogP contribution in [0, 0.1) is 6.92 Å². The minimum atomic E-state index is 1.02. The summed E-state index contributed by atoms with van der Waals surface area (Å²) in [6, 6.07) is 15.3. The Morgan fingerprint density at radius 2 is 1.65 bits per heavy atom. The largest absolute Gasteiger partial charge is 0.202 e. The molecule has 0 N–H and O–H groups in total. The third-order valence-corrected chi connectivity index (χ3v) is 3.51. The van der Waals surface area contributed by atoms with Gasteiger partial charge < -0.3 is 0 Å². The first-order chi connectivity index (χ1) is 8.29. The quantitative estimate of drug-likeness (QED) is 0.437. The van der Waals surface area contributed by atoms with Crippen LogP contribution in [-0.4, -0.2) is 0 Å². The number of hydrogen-bond donors (Lipinski definition) is 0. The zero-order chi connectivity index (χ0) is 11.8. The molecule has 84 valence electrons. The molecule has 1 heteroatoms. The van der Waals surface area contributed by atoms with Gasteiger partial charge in [0, 0.05) is 18.4 Å². The Labute approximate surface area is 101 Å². The van der Waals surface area contributed by atoms with E-state index in [1.165, 1.54) is 27.2 Å². The van der Waals surface area contributed by atoms with Crippen molar-refractivity contribution in [2.45, 2.75) is 20.4 Å². The molecule has 3 aromatic rings. The number of nitrogens with zero attached hydrogens (tertiary/aromatic N) is 1. The summed E-state index contributed by atoms with van der Waals surface area (Å²) < 4.78 is 2.29. The van der Waals surface area contributed by atoms with Gasteiger partial charge >= 0.3 is 0 Å². The molecule has 0 unspecified atom stereocenters. The highest BCUT2D eigenvalue weighted by atomic mass is 14.9. The van der Waals surface area contributed by atoms with Crippen molar-refractivity contribution < 1.29 is 4.57 Å². The van der Waals surface area contributed by atoms with Crippen LogP contribution in [0.15, 0.2) is 48.7 Å². The second kappa shape index (κ2) is 3.85. The molecule has 3 rings (SSSR count). The lowest BCUT2D eigenvalue weighted by Crippen LogP contribution is -2.35. The van der Waals surface area contributed by atoms with E-state index in [2.05, 4.69) is 67.1 Å². The molecule has 0 saturated carbocycles. The summed E-state index contributed by atoms with van der Waals surface area (Å²) >= 11 is 0. The van der Waals surface area contributed by atoms with Crippen LogP contribution in [0.1, 0.15) is 12.6 Å².